The maximum absolute atomic E-state index is 12.9. The molecule has 0 unspecified atom stereocenters. The molecule has 0 spiro atoms. The summed E-state index contributed by atoms with van der Waals surface area (Å²) in [6, 6.07) is 4.66. The summed E-state index contributed by atoms with van der Waals surface area (Å²) in [5.41, 5.74) is 1.76. The fraction of sp³-hybridized carbons (Fsp3) is 0.200. The highest BCUT2D eigenvalue weighted by Gasteiger charge is 2.38. The first-order valence-corrected chi connectivity index (χ1v) is 4.53. The van der Waals surface area contributed by atoms with E-state index < -0.39 is 17.9 Å². The van der Waals surface area contributed by atoms with Gasteiger partial charge in [0.05, 0.1) is 18.4 Å². The number of nitrogens with zero attached hydrogens (tertiary/aromatic N) is 2. The lowest BCUT2D eigenvalue weighted by Gasteiger charge is -2.09. The number of hydrogen-bond donors (Lipinski definition) is 1. The van der Waals surface area contributed by atoms with Gasteiger partial charge in [0.2, 0.25) is 0 Å². The van der Waals surface area contributed by atoms with Gasteiger partial charge >= 0.3 is 12.1 Å². The molecule has 1 N–H and O–H groups in total. The van der Waals surface area contributed by atoms with E-state index in [9.17, 15) is 17.6 Å². The maximum atomic E-state index is 12.9. The Labute approximate surface area is 99.5 Å². The Morgan fingerprint density at radius 2 is 2.11 bits per heavy atom. The van der Waals surface area contributed by atoms with Crippen LogP contribution in [0.2, 0.25) is 0 Å². The lowest BCUT2D eigenvalue weighted by molar-refractivity contribution is -0.0756. The van der Waals surface area contributed by atoms with Gasteiger partial charge in [0.15, 0.2) is 0 Å². The molecule has 0 aliphatic heterocycles. The van der Waals surface area contributed by atoms with Crippen LogP contribution in [0.15, 0.2) is 23.3 Å². The second kappa shape index (κ2) is 5.35. The van der Waals surface area contributed by atoms with E-state index in [0.29, 0.717) is 0 Å². The third-order valence-electron chi connectivity index (χ3n) is 1.81. The first kappa shape index (κ1) is 13.8. The zero-order valence-electron chi connectivity index (χ0n) is 9.05. The minimum absolute atomic E-state index is 0.0340. The molecule has 0 aromatic heterocycles. The number of benzene rings is 1. The van der Waals surface area contributed by atoms with Crippen molar-refractivity contribution in [3.8, 4) is 6.07 Å². The normalized spacial score (nSPS) is 11.9. The summed E-state index contributed by atoms with van der Waals surface area (Å²) >= 11 is 0. The summed E-state index contributed by atoms with van der Waals surface area (Å²) in [4.78, 5) is 0. The quantitative estimate of drug-likeness (QED) is 0.385. The number of hydrogen-bond acceptors (Lipinski definition) is 4. The largest absolute Gasteiger partial charge is 0.477 e. The summed E-state index contributed by atoms with van der Waals surface area (Å²) in [7, 11) is 0.819. The highest BCUT2D eigenvalue weighted by atomic mass is 19.4. The van der Waals surface area contributed by atoms with E-state index in [1.165, 1.54) is 0 Å². The van der Waals surface area contributed by atoms with Gasteiger partial charge in [-0.25, -0.2) is 4.39 Å². The molecule has 96 valence electrons. The average Bonchev–Trinajstić information content (AvgIpc) is 2.30. The van der Waals surface area contributed by atoms with E-state index in [-0.39, 0.29) is 11.3 Å². The van der Waals surface area contributed by atoms with E-state index in [1.807, 2.05) is 5.43 Å². The van der Waals surface area contributed by atoms with Crippen LogP contribution in [0.1, 0.15) is 5.56 Å². The first-order chi connectivity index (χ1) is 8.38. The van der Waals surface area contributed by atoms with Gasteiger partial charge in [0, 0.05) is 0 Å². The van der Waals surface area contributed by atoms with Gasteiger partial charge in [-0.05, 0) is 18.2 Å². The number of hydrazone groups is 1. The molecule has 0 heterocycles. The van der Waals surface area contributed by atoms with E-state index >= 15 is 0 Å². The summed E-state index contributed by atoms with van der Waals surface area (Å²) < 4.78 is 53.6. The SMILES string of the molecule is CO/C(=N\Nc1ccc(F)c(C#N)c1)C(F)(F)F. The van der Waals surface area contributed by atoms with Crippen LogP contribution in [-0.2, 0) is 4.74 Å². The van der Waals surface area contributed by atoms with Gasteiger partial charge in [-0.2, -0.15) is 18.4 Å². The second-order valence-electron chi connectivity index (χ2n) is 3.04. The molecule has 4 nitrogen and oxygen atoms in total. The standard InChI is InChI=1S/C10H7F4N3O/c1-18-9(10(12,13)14)17-16-7-2-3-8(11)6(4-7)5-15/h2-4,16H,1H3/b17-9-. The van der Waals surface area contributed by atoms with Gasteiger partial charge in [0.1, 0.15) is 11.9 Å². The molecule has 0 saturated carbocycles. The summed E-state index contributed by atoms with van der Waals surface area (Å²) in [5.74, 6) is -2.25. The zero-order valence-corrected chi connectivity index (χ0v) is 9.05. The van der Waals surface area contributed by atoms with Crippen molar-refractivity contribution in [2.24, 2.45) is 5.10 Å². The Hall–Kier alpha value is -2.30. The van der Waals surface area contributed by atoms with E-state index in [0.717, 1.165) is 25.3 Å². The number of ether oxygens (including phenoxy) is 1. The smallest absolute Gasteiger partial charge is 0.470 e. The van der Waals surface area contributed by atoms with Crippen LogP contribution in [0.25, 0.3) is 0 Å². The molecule has 0 saturated heterocycles. The zero-order chi connectivity index (χ0) is 13.8. The van der Waals surface area contributed by atoms with Crippen LogP contribution in [0, 0.1) is 17.1 Å². The van der Waals surface area contributed by atoms with E-state index in [4.69, 9.17) is 5.26 Å². The van der Waals surface area contributed by atoms with Crippen molar-refractivity contribution in [3.05, 3.63) is 29.6 Å². The van der Waals surface area contributed by atoms with Crippen LogP contribution in [-0.4, -0.2) is 19.2 Å². The van der Waals surface area contributed by atoms with Crippen LogP contribution in [0.4, 0.5) is 23.2 Å². The van der Waals surface area contributed by atoms with Crippen molar-refractivity contribution in [1.82, 2.24) is 0 Å². The van der Waals surface area contributed by atoms with Gasteiger partial charge in [-0.1, -0.05) is 0 Å². The molecule has 0 aliphatic rings. The monoisotopic (exact) mass is 261 g/mol. The number of alkyl halides is 3. The molecule has 1 aromatic carbocycles. The Kier molecular flexibility index (Phi) is 4.09. The van der Waals surface area contributed by atoms with Crippen molar-refractivity contribution in [2.45, 2.75) is 6.18 Å². The minimum atomic E-state index is -4.74. The van der Waals surface area contributed by atoms with Crippen LogP contribution in [0.5, 0.6) is 0 Å². The second-order valence-corrected chi connectivity index (χ2v) is 3.04. The summed E-state index contributed by atoms with van der Waals surface area (Å²) in [6.07, 6.45) is -4.74. The molecule has 0 amide bonds. The fourth-order valence-electron chi connectivity index (χ4n) is 1.02. The molecule has 0 radical (unpaired) electrons. The minimum Gasteiger partial charge on any atom is -0.477 e. The lowest BCUT2D eigenvalue weighted by Crippen LogP contribution is -2.25. The highest BCUT2D eigenvalue weighted by molar-refractivity contribution is 5.82. The predicted octanol–water partition coefficient (Wildman–Crippen LogP) is 2.63. The molecule has 1 aromatic rings. The highest BCUT2D eigenvalue weighted by Crippen LogP contribution is 2.19. The van der Waals surface area contributed by atoms with Crippen LogP contribution >= 0.6 is 0 Å². The van der Waals surface area contributed by atoms with Crippen molar-refractivity contribution in [3.63, 3.8) is 0 Å². The molecule has 8 heteroatoms. The predicted molar refractivity (Wildman–Crippen MR) is 55.2 cm³/mol. The molecule has 0 fully saturated rings. The Bertz CT molecular complexity index is 505. The molecule has 0 bridgehead atoms. The summed E-state index contributed by atoms with van der Waals surface area (Å²) in [5, 5.41) is 11.5. The first-order valence-electron chi connectivity index (χ1n) is 4.53. The number of nitrogens with one attached hydrogen (secondary N) is 1. The average molecular weight is 261 g/mol. The lowest BCUT2D eigenvalue weighted by atomic mass is 10.2. The van der Waals surface area contributed by atoms with Gasteiger partial charge in [0.25, 0.3) is 0 Å². The molecule has 18 heavy (non-hydrogen) atoms. The molecule has 0 atom stereocenters. The van der Waals surface area contributed by atoms with Crippen molar-refractivity contribution < 1.29 is 22.3 Å². The molecule has 1 rings (SSSR count). The van der Waals surface area contributed by atoms with Crippen molar-refractivity contribution >= 4 is 11.6 Å². The Morgan fingerprint density at radius 1 is 1.44 bits per heavy atom. The Balaban J connectivity index is 2.93. The molecule has 0 aliphatic carbocycles. The summed E-state index contributed by atoms with van der Waals surface area (Å²) in [6.45, 7) is 0. The van der Waals surface area contributed by atoms with Crippen molar-refractivity contribution in [2.75, 3.05) is 12.5 Å². The fourth-order valence-corrected chi connectivity index (χ4v) is 1.02. The van der Waals surface area contributed by atoms with Gasteiger partial charge < -0.3 is 4.74 Å². The topological polar surface area (TPSA) is 57.4 Å². The number of methoxy groups -OCH3 is 1. The number of rotatable bonds is 2. The van der Waals surface area contributed by atoms with Gasteiger partial charge in [-0.15, -0.1) is 5.10 Å². The van der Waals surface area contributed by atoms with Crippen molar-refractivity contribution in [1.29, 1.82) is 5.26 Å². The van der Waals surface area contributed by atoms with Crippen LogP contribution < -0.4 is 5.43 Å². The molecular formula is C10H7F4N3O. The van der Waals surface area contributed by atoms with Crippen LogP contribution in [0.3, 0.4) is 0 Å². The molecular weight excluding hydrogens is 254 g/mol. The third kappa shape index (κ3) is 3.35. The number of halogens is 4. The Morgan fingerprint density at radius 3 is 2.61 bits per heavy atom. The number of nitriles is 1. The number of anilines is 1. The maximum Gasteiger partial charge on any atom is 0.470 e. The third-order valence-corrected chi connectivity index (χ3v) is 1.81. The van der Waals surface area contributed by atoms with E-state index in [2.05, 4.69) is 9.84 Å². The van der Waals surface area contributed by atoms with Gasteiger partial charge in [-0.3, -0.25) is 5.43 Å². The van der Waals surface area contributed by atoms with E-state index in [1.54, 1.807) is 6.07 Å².